The Hall–Kier alpha value is -4.26. The lowest BCUT2D eigenvalue weighted by Crippen LogP contribution is -2.60. The van der Waals surface area contributed by atoms with Crippen molar-refractivity contribution in [1.29, 1.82) is 0 Å². The zero-order valence-corrected chi connectivity index (χ0v) is 20.4. The number of aryl methyl sites for hydroxylation is 1. The largest absolute Gasteiger partial charge is 0.504 e. The second-order valence-electron chi connectivity index (χ2n) is 8.59. The van der Waals surface area contributed by atoms with E-state index in [0.29, 0.717) is 0 Å². The summed E-state index contributed by atoms with van der Waals surface area (Å²) < 4.78 is 33.2. The summed E-state index contributed by atoms with van der Waals surface area (Å²) >= 11 is 0. The highest BCUT2D eigenvalue weighted by Crippen LogP contribution is 2.46. The fraction of sp³-hybridized carbons (Fsp3) is 0.417. The molecule has 3 aromatic rings. The van der Waals surface area contributed by atoms with Gasteiger partial charge in [0.2, 0.25) is 23.7 Å². The summed E-state index contributed by atoms with van der Waals surface area (Å²) in [5, 5.41) is 23.8. The van der Waals surface area contributed by atoms with Crippen molar-refractivity contribution in [3.05, 3.63) is 28.3 Å². The van der Waals surface area contributed by atoms with Gasteiger partial charge in [0.25, 0.3) is 0 Å². The van der Waals surface area contributed by atoms with Gasteiger partial charge in [0.15, 0.2) is 11.3 Å². The van der Waals surface area contributed by atoms with Crippen LogP contribution in [0.1, 0.15) is 33.0 Å². The Bertz CT molecular complexity index is 1440. The van der Waals surface area contributed by atoms with Crippen LogP contribution < -0.4 is 15.7 Å². The lowest BCUT2D eigenvalue weighted by atomic mass is 9.99. The lowest BCUT2D eigenvalue weighted by molar-refractivity contribution is -0.215. The Kier molecular flexibility index (Phi) is 6.99. The molecule has 0 aliphatic carbocycles. The molecule has 0 bridgehead atoms. The summed E-state index contributed by atoms with van der Waals surface area (Å²) in [5.74, 6) is -3.22. The third-order valence-corrected chi connectivity index (χ3v) is 5.62. The third-order valence-electron chi connectivity index (χ3n) is 5.62. The smallest absolute Gasteiger partial charge is 0.347 e. The molecule has 1 aliphatic heterocycles. The molecule has 4 rings (SSSR count). The monoisotopic (exact) mass is 519 g/mol. The van der Waals surface area contributed by atoms with E-state index < -0.39 is 65.3 Å². The Morgan fingerprint density at radius 3 is 2.49 bits per heavy atom. The van der Waals surface area contributed by atoms with Crippen molar-refractivity contribution in [2.24, 2.45) is 0 Å². The predicted octanol–water partition coefficient (Wildman–Crippen LogP) is 1.75. The van der Waals surface area contributed by atoms with Gasteiger partial charge in [-0.25, -0.2) is 4.79 Å². The van der Waals surface area contributed by atoms with Crippen molar-refractivity contribution in [3.63, 3.8) is 0 Å². The molecular weight excluding hydrogens is 494 g/mol. The molecule has 4 atom stereocenters. The zero-order valence-electron chi connectivity index (χ0n) is 20.4. The van der Waals surface area contributed by atoms with Crippen molar-refractivity contribution < 1.29 is 52.4 Å². The van der Waals surface area contributed by atoms with Crippen molar-refractivity contribution in [2.45, 2.75) is 58.7 Å². The highest BCUT2D eigenvalue weighted by molar-refractivity contribution is 6.07. The van der Waals surface area contributed by atoms with Gasteiger partial charge in [-0.1, -0.05) is 0 Å². The summed E-state index contributed by atoms with van der Waals surface area (Å²) in [6.45, 7) is 4.96. The van der Waals surface area contributed by atoms with E-state index in [2.05, 4.69) is 5.32 Å². The number of benzene rings is 1. The van der Waals surface area contributed by atoms with Crippen LogP contribution in [0.3, 0.4) is 0 Å². The van der Waals surface area contributed by atoms with E-state index >= 15 is 0 Å². The molecule has 0 radical (unpaired) electrons. The number of hydrogen-bond donors (Lipinski definition) is 3. The molecule has 3 heterocycles. The molecule has 37 heavy (non-hydrogen) atoms. The number of phenols is 2. The molecule has 198 valence electrons. The van der Waals surface area contributed by atoms with Gasteiger partial charge in [-0.3, -0.25) is 14.4 Å². The molecule has 2 aromatic heterocycles. The minimum absolute atomic E-state index is 0.00856. The normalized spacial score (nSPS) is 21.5. The minimum atomic E-state index is -1.43. The van der Waals surface area contributed by atoms with Gasteiger partial charge in [-0.15, -0.1) is 0 Å². The fourth-order valence-corrected chi connectivity index (χ4v) is 4.21. The average molecular weight is 519 g/mol. The molecule has 1 aromatic carbocycles. The molecule has 3 N–H and O–H groups in total. The van der Waals surface area contributed by atoms with E-state index in [0.717, 1.165) is 6.07 Å². The molecule has 0 spiro atoms. The van der Waals surface area contributed by atoms with Crippen molar-refractivity contribution >= 4 is 39.8 Å². The first-order chi connectivity index (χ1) is 17.4. The quantitative estimate of drug-likeness (QED) is 0.317. The van der Waals surface area contributed by atoms with Crippen LogP contribution in [-0.2, 0) is 28.6 Å². The van der Waals surface area contributed by atoms with Gasteiger partial charge in [0.05, 0.1) is 6.10 Å². The minimum Gasteiger partial charge on any atom is -0.504 e. The topological polar surface area (TPSA) is 184 Å². The number of aromatic hydroxyl groups is 2. The maximum Gasteiger partial charge on any atom is 0.347 e. The number of rotatable bonds is 6. The number of amides is 1. The van der Waals surface area contributed by atoms with Crippen LogP contribution in [0.5, 0.6) is 17.2 Å². The summed E-state index contributed by atoms with van der Waals surface area (Å²) in [7, 11) is 0. The maximum atomic E-state index is 12.5. The fourth-order valence-electron chi connectivity index (χ4n) is 4.21. The Morgan fingerprint density at radius 1 is 1.11 bits per heavy atom. The van der Waals surface area contributed by atoms with Crippen molar-refractivity contribution in [2.75, 3.05) is 6.61 Å². The number of furan rings is 1. The molecule has 1 saturated heterocycles. The number of ether oxygens (including phenoxy) is 4. The van der Waals surface area contributed by atoms with Gasteiger partial charge in [-0.05, 0) is 13.0 Å². The van der Waals surface area contributed by atoms with Crippen LogP contribution >= 0.6 is 0 Å². The van der Waals surface area contributed by atoms with E-state index in [1.54, 1.807) is 6.92 Å². The van der Waals surface area contributed by atoms with E-state index in [1.807, 2.05) is 0 Å². The van der Waals surface area contributed by atoms with Crippen LogP contribution in [0.15, 0.2) is 25.8 Å². The number of hydrogen-bond acceptors (Lipinski definition) is 12. The summed E-state index contributed by atoms with van der Waals surface area (Å²) in [6, 6.07) is 1.49. The molecule has 4 unspecified atom stereocenters. The van der Waals surface area contributed by atoms with E-state index in [-0.39, 0.29) is 40.7 Å². The number of carbonyl (C=O) groups is 3. The van der Waals surface area contributed by atoms with Gasteiger partial charge in [0.1, 0.15) is 35.5 Å². The Labute approximate surface area is 208 Å². The van der Waals surface area contributed by atoms with Crippen LogP contribution in [0, 0.1) is 6.92 Å². The second-order valence-corrected chi connectivity index (χ2v) is 8.59. The van der Waals surface area contributed by atoms with Crippen LogP contribution in [0.25, 0.3) is 21.9 Å². The van der Waals surface area contributed by atoms with Gasteiger partial charge >= 0.3 is 17.6 Å². The Balaban J connectivity index is 1.82. The lowest BCUT2D eigenvalue weighted by Gasteiger charge is -2.40. The average Bonchev–Trinajstić information content (AvgIpc) is 3.14. The molecular formula is C24H25NO12. The molecule has 13 heteroatoms. The number of carbonyl (C=O) groups excluding carboxylic acids is 3. The van der Waals surface area contributed by atoms with Crippen molar-refractivity contribution in [3.8, 4) is 17.2 Å². The van der Waals surface area contributed by atoms with Gasteiger partial charge < -0.3 is 43.3 Å². The number of esters is 2. The second kappa shape index (κ2) is 10.0. The summed E-state index contributed by atoms with van der Waals surface area (Å²) in [4.78, 5) is 47.6. The first kappa shape index (κ1) is 25.8. The molecule has 1 amide bonds. The Morgan fingerprint density at radius 2 is 1.84 bits per heavy atom. The molecule has 0 saturated carbocycles. The number of phenolic OH excluding ortho intramolecular Hbond substituents is 2. The first-order valence-corrected chi connectivity index (χ1v) is 11.3. The third kappa shape index (κ3) is 5.31. The highest BCUT2D eigenvalue weighted by Gasteiger charge is 2.44. The maximum absolute atomic E-state index is 12.5. The molecule has 1 aliphatic rings. The zero-order chi connectivity index (χ0) is 27.0. The van der Waals surface area contributed by atoms with Crippen molar-refractivity contribution in [1.82, 2.24) is 5.32 Å². The van der Waals surface area contributed by atoms with Crippen LogP contribution in [-0.4, -0.2) is 59.2 Å². The predicted molar refractivity (Wildman–Crippen MR) is 124 cm³/mol. The highest BCUT2D eigenvalue weighted by atomic mass is 16.7. The van der Waals surface area contributed by atoms with Gasteiger partial charge in [-0.2, -0.15) is 0 Å². The summed E-state index contributed by atoms with van der Waals surface area (Å²) in [5.41, 5.74) is -0.724. The van der Waals surface area contributed by atoms with E-state index in [9.17, 15) is 29.4 Å². The summed E-state index contributed by atoms with van der Waals surface area (Å²) in [6.07, 6.45) is -3.18. The van der Waals surface area contributed by atoms with E-state index in [1.165, 1.54) is 26.8 Å². The first-order valence-electron chi connectivity index (χ1n) is 11.3. The number of fused-ring (bicyclic) bond motifs is 3. The van der Waals surface area contributed by atoms with Gasteiger partial charge in [0, 0.05) is 38.6 Å². The molecule has 13 nitrogen and oxygen atoms in total. The van der Waals surface area contributed by atoms with Crippen LogP contribution in [0.4, 0.5) is 0 Å². The van der Waals surface area contributed by atoms with E-state index in [4.69, 9.17) is 27.8 Å². The number of nitrogens with one attached hydrogen (secondary N) is 1. The molecule has 1 fully saturated rings. The standard InChI is InChI=1S/C24H25NO12/c1-9-5-16-18(23(31)33-9)14-7-15(29)20(30)22(21(14)36-16)37-24-19(25-10(2)26)17(34-12(4)28)6-13(35-24)8-32-11(3)27/h5,7,13,17,19,24,29-30H,6,8H2,1-4H3,(H,25,26). The van der Waals surface area contributed by atoms with Crippen LogP contribution in [0.2, 0.25) is 0 Å². The SMILES string of the molecule is CC(=O)NC1C(OC(C)=O)CC(COC(C)=O)OC1Oc1c(O)c(O)cc2c1oc1cc(C)oc(=O)c12.